The van der Waals surface area contributed by atoms with Crippen molar-refractivity contribution in [1.82, 2.24) is 40.4 Å². The Balaban J connectivity index is 1.89. The van der Waals surface area contributed by atoms with Gasteiger partial charge in [-0.25, -0.2) is 14.6 Å². The number of nitrogens with one attached hydrogen (secondary N) is 1. The van der Waals surface area contributed by atoms with Crippen molar-refractivity contribution in [3.8, 4) is 0 Å². The zero-order chi connectivity index (χ0) is 20.9. The minimum absolute atomic E-state index is 0.0225. The third kappa shape index (κ3) is 6.22. The highest BCUT2D eigenvalue weighted by molar-refractivity contribution is 5.75. The Hall–Kier alpha value is -2.63. The molecule has 2 rings (SSSR count). The van der Waals surface area contributed by atoms with Gasteiger partial charge in [0.25, 0.3) is 0 Å². The van der Waals surface area contributed by atoms with E-state index in [4.69, 9.17) is 0 Å². The van der Waals surface area contributed by atoms with E-state index in [1.807, 2.05) is 25.8 Å². The number of hydrogen-bond acceptors (Lipinski definition) is 7. The van der Waals surface area contributed by atoms with Crippen molar-refractivity contribution in [1.29, 1.82) is 0 Å². The average molecular weight is 400 g/mol. The molecule has 12 heteroatoms. The molecule has 0 unspecified atom stereocenters. The van der Waals surface area contributed by atoms with Crippen LogP contribution in [-0.2, 0) is 30.5 Å². The van der Waals surface area contributed by atoms with Crippen molar-refractivity contribution in [2.45, 2.75) is 52.5 Å². The summed E-state index contributed by atoms with van der Waals surface area (Å²) in [5.74, 6) is 0.210. The number of halogens is 3. The number of rotatable bonds is 8. The standard InChI is InChI=1S/C16H23F3N8O/c1-10(2)26(4)8-14-23-24-25-27(14)9-15(28)20-6-5-13-21-11(3)7-12(22-13)16(17,18)19/h7,10H,5-6,8-9H2,1-4H3,(H,20,28). The van der Waals surface area contributed by atoms with Gasteiger partial charge in [-0.1, -0.05) is 0 Å². The van der Waals surface area contributed by atoms with Crippen LogP contribution in [0.25, 0.3) is 0 Å². The monoisotopic (exact) mass is 400 g/mol. The van der Waals surface area contributed by atoms with Crippen molar-refractivity contribution in [2.75, 3.05) is 13.6 Å². The van der Waals surface area contributed by atoms with Crippen LogP contribution in [0.5, 0.6) is 0 Å². The largest absolute Gasteiger partial charge is 0.433 e. The fraction of sp³-hybridized carbons (Fsp3) is 0.625. The molecule has 2 aromatic rings. The Labute approximate surface area is 160 Å². The second-order valence-corrected chi connectivity index (χ2v) is 6.67. The minimum Gasteiger partial charge on any atom is -0.354 e. The number of aromatic nitrogens is 6. The molecule has 1 amide bonds. The average Bonchev–Trinajstić information content (AvgIpc) is 3.00. The summed E-state index contributed by atoms with van der Waals surface area (Å²) in [5, 5.41) is 13.9. The molecule has 1 N–H and O–H groups in total. The number of hydrogen-bond donors (Lipinski definition) is 1. The van der Waals surface area contributed by atoms with Crippen molar-refractivity contribution < 1.29 is 18.0 Å². The van der Waals surface area contributed by atoms with E-state index < -0.39 is 11.9 Å². The summed E-state index contributed by atoms with van der Waals surface area (Å²) >= 11 is 0. The van der Waals surface area contributed by atoms with Crippen molar-refractivity contribution in [3.63, 3.8) is 0 Å². The van der Waals surface area contributed by atoms with E-state index in [0.717, 1.165) is 6.07 Å². The number of alkyl halides is 3. The number of aryl methyl sites for hydroxylation is 1. The van der Waals surface area contributed by atoms with Crippen LogP contribution in [0.3, 0.4) is 0 Å². The normalized spacial score (nSPS) is 12.0. The van der Waals surface area contributed by atoms with Crippen molar-refractivity contribution in [2.24, 2.45) is 0 Å². The molecule has 2 heterocycles. The van der Waals surface area contributed by atoms with Crippen LogP contribution in [-0.4, -0.2) is 60.6 Å². The van der Waals surface area contributed by atoms with Gasteiger partial charge in [-0.05, 0) is 44.3 Å². The second kappa shape index (κ2) is 9.04. The maximum absolute atomic E-state index is 12.8. The first kappa shape index (κ1) is 21.7. The predicted octanol–water partition coefficient (Wildman–Crippen LogP) is 0.989. The summed E-state index contributed by atoms with van der Waals surface area (Å²) in [6, 6.07) is 1.17. The molecule has 2 aromatic heterocycles. The van der Waals surface area contributed by atoms with Gasteiger partial charge >= 0.3 is 6.18 Å². The van der Waals surface area contributed by atoms with Gasteiger partial charge in [0, 0.05) is 24.7 Å². The molecule has 0 bridgehead atoms. The van der Waals surface area contributed by atoms with Crippen LogP contribution < -0.4 is 5.32 Å². The molecule has 0 aliphatic rings. The number of tetrazole rings is 1. The highest BCUT2D eigenvalue weighted by Crippen LogP contribution is 2.27. The molecular formula is C16H23F3N8O. The van der Waals surface area contributed by atoms with Crippen molar-refractivity contribution >= 4 is 5.91 Å². The third-order valence-electron chi connectivity index (χ3n) is 4.03. The molecule has 0 saturated heterocycles. The number of amides is 1. The third-order valence-corrected chi connectivity index (χ3v) is 4.03. The molecular weight excluding hydrogens is 377 g/mol. The van der Waals surface area contributed by atoms with Gasteiger partial charge in [-0.3, -0.25) is 9.69 Å². The highest BCUT2D eigenvalue weighted by Gasteiger charge is 2.33. The van der Waals surface area contributed by atoms with Crippen LogP contribution >= 0.6 is 0 Å². The smallest absolute Gasteiger partial charge is 0.354 e. The first-order valence-corrected chi connectivity index (χ1v) is 8.70. The zero-order valence-electron chi connectivity index (χ0n) is 16.2. The first-order chi connectivity index (χ1) is 13.1. The molecule has 0 saturated carbocycles. The van der Waals surface area contributed by atoms with Crippen molar-refractivity contribution in [3.05, 3.63) is 29.1 Å². The molecule has 154 valence electrons. The summed E-state index contributed by atoms with van der Waals surface area (Å²) in [6.45, 7) is 6.01. The number of carbonyl (C=O) groups is 1. The van der Waals surface area contributed by atoms with Gasteiger partial charge in [0.1, 0.15) is 18.1 Å². The zero-order valence-corrected chi connectivity index (χ0v) is 16.2. The van der Waals surface area contributed by atoms with Crippen LogP contribution in [0.1, 0.15) is 36.9 Å². The molecule has 0 radical (unpaired) electrons. The van der Waals surface area contributed by atoms with Gasteiger partial charge < -0.3 is 5.32 Å². The van der Waals surface area contributed by atoms with Gasteiger partial charge in [0.05, 0.1) is 6.54 Å². The highest BCUT2D eigenvalue weighted by atomic mass is 19.4. The van der Waals surface area contributed by atoms with E-state index in [9.17, 15) is 18.0 Å². The molecule has 0 atom stereocenters. The molecule has 0 spiro atoms. The Morgan fingerprint density at radius 2 is 2.04 bits per heavy atom. The summed E-state index contributed by atoms with van der Waals surface area (Å²) in [7, 11) is 1.92. The molecule has 0 fully saturated rings. The number of nitrogens with zero attached hydrogens (tertiary/aromatic N) is 7. The van der Waals surface area contributed by atoms with E-state index in [0.29, 0.717) is 12.4 Å². The maximum Gasteiger partial charge on any atom is 0.433 e. The first-order valence-electron chi connectivity index (χ1n) is 8.70. The lowest BCUT2D eigenvalue weighted by atomic mass is 10.3. The lowest BCUT2D eigenvalue weighted by Crippen LogP contribution is -2.32. The fourth-order valence-corrected chi connectivity index (χ4v) is 2.26. The van der Waals surface area contributed by atoms with Crippen LogP contribution in [0.2, 0.25) is 0 Å². The van der Waals surface area contributed by atoms with Gasteiger partial charge in [-0.15, -0.1) is 5.10 Å². The molecule has 28 heavy (non-hydrogen) atoms. The molecule has 0 aliphatic carbocycles. The number of carbonyl (C=O) groups excluding carboxylic acids is 1. The minimum atomic E-state index is -4.54. The van der Waals surface area contributed by atoms with E-state index in [1.165, 1.54) is 11.6 Å². The topological polar surface area (TPSA) is 102 Å². The predicted molar refractivity (Wildman–Crippen MR) is 92.9 cm³/mol. The maximum atomic E-state index is 12.8. The van der Waals surface area contributed by atoms with Crippen LogP contribution in [0.15, 0.2) is 6.07 Å². The van der Waals surface area contributed by atoms with Gasteiger partial charge in [0.2, 0.25) is 5.91 Å². The SMILES string of the molecule is Cc1cc(C(F)(F)F)nc(CCNC(=O)Cn2nnnc2CN(C)C(C)C)n1. The summed E-state index contributed by atoms with van der Waals surface area (Å²) in [6.07, 6.45) is -4.46. The summed E-state index contributed by atoms with van der Waals surface area (Å²) < 4.78 is 39.8. The van der Waals surface area contributed by atoms with Crippen LogP contribution in [0.4, 0.5) is 13.2 Å². The summed E-state index contributed by atoms with van der Waals surface area (Å²) in [5.41, 5.74) is -0.773. The Morgan fingerprint density at radius 1 is 1.32 bits per heavy atom. The Bertz CT molecular complexity index is 805. The molecule has 0 aliphatic heterocycles. The van der Waals surface area contributed by atoms with E-state index >= 15 is 0 Å². The van der Waals surface area contributed by atoms with E-state index in [1.54, 1.807) is 0 Å². The quantitative estimate of drug-likeness (QED) is 0.705. The molecule has 9 nitrogen and oxygen atoms in total. The molecule has 0 aromatic carbocycles. The van der Waals surface area contributed by atoms with Gasteiger partial charge in [-0.2, -0.15) is 13.2 Å². The Morgan fingerprint density at radius 3 is 2.68 bits per heavy atom. The van der Waals surface area contributed by atoms with Crippen LogP contribution in [0, 0.1) is 6.92 Å². The van der Waals surface area contributed by atoms with E-state index in [-0.39, 0.29) is 43.0 Å². The fourth-order valence-electron chi connectivity index (χ4n) is 2.26. The van der Waals surface area contributed by atoms with E-state index in [2.05, 4.69) is 30.8 Å². The van der Waals surface area contributed by atoms with Gasteiger partial charge in [0.15, 0.2) is 5.82 Å². The lowest BCUT2D eigenvalue weighted by Gasteiger charge is -2.19. The second-order valence-electron chi connectivity index (χ2n) is 6.67. The summed E-state index contributed by atoms with van der Waals surface area (Å²) in [4.78, 5) is 21.6. The Kier molecular flexibility index (Phi) is 7.00. The lowest BCUT2D eigenvalue weighted by molar-refractivity contribution is -0.141.